The van der Waals surface area contributed by atoms with Crippen molar-refractivity contribution in [2.24, 2.45) is 0 Å². The number of hydrogen-bond acceptors (Lipinski definition) is 3. The zero-order chi connectivity index (χ0) is 17.8. The summed E-state index contributed by atoms with van der Waals surface area (Å²) in [5.41, 5.74) is 2.40. The van der Waals surface area contributed by atoms with Crippen molar-refractivity contribution in [3.63, 3.8) is 0 Å². The third kappa shape index (κ3) is 4.12. The SMILES string of the molecule is CC(=O)c1ccc(N2CCN(C(=O)Nc3ccccc3Cl)CC2)cc1. The normalized spacial score (nSPS) is 14.3. The Labute approximate surface area is 152 Å². The van der Waals surface area contributed by atoms with Crippen LogP contribution in [0, 0.1) is 0 Å². The van der Waals surface area contributed by atoms with Crippen molar-refractivity contribution in [2.45, 2.75) is 6.92 Å². The Morgan fingerprint density at radius 3 is 2.20 bits per heavy atom. The van der Waals surface area contributed by atoms with E-state index in [-0.39, 0.29) is 11.8 Å². The second-order valence-electron chi connectivity index (χ2n) is 5.99. The molecule has 0 aliphatic carbocycles. The number of rotatable bonds is 3. The molecule has 1 saturated heterocycles. The van der Waals surface area contributed by atoms with Crippen molar-refractivity contribution in [1.29, 1.82) is 0 Å². The van der Waals surface area contributed by atoms with Gasteiger partial charge in [-0.15, -0.1) is 0 Å². The van der Waals surface area contributed by atoms with Crippen LogP contribution in [0.1, 0.15) is 17.3 Å². The van der Waals surface area contributed by atoms with E-state index in [4.69, 9.17) is 11.6 Å². The minimum atomic E-state index is -0.139. The molecule has 2 aromatic carbocycles. The summed E-state index contributed by atoms with van der Waals surface area (Å²) in [5, 5.41) is 3.38. The number of nitrogens with one attached hydrogen (secondary N) is 1. The van der Waals surface area contributed by atoms with Crippen LogP contribution in [0.3, 0.4) is 0 Å². The molecule has 1 aliphatic rings. The van der Waals surface area contributed by atoms with Gasteiger partial charge in [0.2, 0.25) is 0 Å². The predicted octanol–water partition coefficient (Wildman–Crippen LogP) is 3.90. The first kappa shape index (κ1) is 17.3. The fourth-order valence-electron chi connectivity index (χ4n) is 2.83. The molecule has 1 N–H and O–H groups in total. The summed E-state index contributed by atoms with van der Waals surface area (Å²) in [6.45, 7) is 4.31. The topological polar surface area (TPSA) is 52.7 Å². The molecule has 0 radical (unpaired) electrons. The molecular weight excluding hydrogens is 338 g/mol. The first-order valence-electron chi connectivity index (χ1n) is 8.21. The maximum Gasteiger partial charge on any atom is 0.322 e. The van der Waals surface area contributed by atoms with Crippen molar-refractivity contribution in [2.75, 3.05) is 36.4 Å². The van der Waals surface area contributed by atoms with Crippen LogP contribution < -0.4 is 10.2 Å². The highest BCUT2D eigenvalue weighted by molar-refractivity contribution is 6.33. The van der Waals surface area contributed by atoms with Crippen molar-refractivity contribution in [1.82, 2.24) is 4.90 Å². The van der Waals surface area contributed by atoms with E-state index in [0.29, 0.717) is 29.4 Å². The number of nitrogens with zero attached hydrogens (tertiary/aromatic N) is 2. The number of ketones is 1. The Morgan fingerprint density at radius 1 is 0.960 bits per heavy atom. The van der Waals surface area contributed by atoms with Gasteiger partial charge in [-0.3, -0.25) is 4.79 Å². The van der Waals surface area contributed by atoms with Gasteiger partial charge in [-0.1, -0.05) is 23.7 Å². The summed E-state index contributed by atoms with van der Waals surface area (Å²) in [6.07, 6.45) is 0. The molecule has 5 nitrogen and oxygen atoms in total. The van der Waals surface area contributed by atoms with E-state index in [1.54, 1.807) is 24.0 Å². The molecule has 0 saturated carbocycles. The summed E-state index contributed by atoms with van der Waals surface area (Å²) < 4.78 is 0. The van der Waals surface area contributed by atoms with Crippen LogP contribution in [0.4, 0.5) is 16.2 Å². The second kappa shape index (κ2) is 7.57. The largest absolute Gasteiger partial charge is 0.368 e. The Balaban J connectivity index is 1.57. The second-order valence-corrected chi connectivity index (χ2v) is 6.39. The number of para-hydroxylation sites is 1. The molecule has 1 aliphatic heterocycles. The zero-order valence-corrected chi connectivity index (χ0v) is 14.8. The fraction of sp³-hybridized carbons (Fsp3) is 0.263. The highest BCUT2D eigenvalue weighted by atomic mass is 35.5. The van der Waals surface area contributed by atoms with Crippen LogP contribution in [-0.2, 0) is 0 Å². The van der Waals surface area contributed by atoms with Crippen LogP contribution in [0.5, 0.6) is 0 Å². The lowest BCUT2D eigenvalue weighted by atomic mass is 10.1. The summed E-state index contributed by atoms with van der Waals surface area (Å²) in [5.74, 6) is 0.0626. The molecule has 0 atom stereocenters. The molecule has 0 unspecified atom stereocenters. The Bertz CT molecular complexity index is 768. The monoisotopic (exact) mass is 357 g/mol. The quantitative estimate of drug-likeness (QED) is 0.848. The molecule has 130 valence electrons. The average molecular weight is 358 g/mol. The van der Waals surface area contributed by atoms with E-state index in [0.717, 1.165) is 18.8 Å². The van der Waals surface area contributed by atoms with Crippen LogP contribution in [-0.4, -0.2) is 42.9 Å². The van der Waals surface area contributed by atoms with Gasteiger partial charge in [-0.05, 0) is 43.3 Å². The molecule has 0 bridgehead atoms. The van der Waals surface area contributed by atoms with Gasteiger partial charge in [0.25, 0.3) is 0 Å². The summed E-state index contributed by atoms with van der Waals surface area (Å²) in [4.78, 5) is 27.7. The number of halogens is 1. The molecule has 1 heterocycles. The molecule has 0 aromatic heterocycles. The van der Waals surface area contributed by atoms with Crippen LogP contribution in [0.25, 0.3) is 0 Å². The highest BCUT2D eigenvalue weighted by Gasteiger charge is 2.21. The number of benzene rings is 2. The summed E-state index contributed by atoms with van der Waals surface area (Å²) in [6, 6.07) is 14.7. The standard InChI is InChI=1S/C19H20ClN3O2/c1-14(24)15-6-8-16(9-7-15)22-10-12-23(13-11-22)19(25)21-18-5-3-2-4-17(18)20/h2-9H,10-13H2,1H3,(H,21,25). The first-order valence-corrected chi connectivity index (χ1v) is 8.59. The van der Waals surface area contributed by atoms with Crippen LogP contribution in [0.2, 0.25) is 5.02 Å². The van der Waals surface area contributed by atoms with Crippen molar-refractivity contribution < 1.29 is 9.59 Å². The zero-order valence-electron chi connectivity index (χ0n) is 14.0. The Morgan fingerprint density at radius 2 is 1.60 bits per heavy atom. The van der Waals surface area contributed by atoms with Gasteiger partial charge in [0.15, 0.2) is 5.78 Å². The van der Waals surface area contributed by atoms with Gasteiger partial charge >= 0.3 is 6.03 Å². The van der Waals surface area contributed by atoms with E-state index in [1.165, 1.54) is 0 Å². The molecule has 3 rings (SSSR count). The lowest BCUT2D eigenvalue weighted by Crippen LogP contribution is -2.50. The van der Waals surface area contributed by atoms with Gasteiger partial charge in [0, 0.05) is 37.4 Å². The number of carbonyl (C=O) groups excluding carboxylic acids is 2. The van der Waals surface area contributed by atoms with Crippen LogP contribution in [0.15, 0.2) is 48.5 Å². The van der Waals surface area contributed by atoms with Gasteiger partial charge in [0.1, 0.15) is 0 Å². The van der Waals surface area contributed by atoms with E-state index in [9.17, 15) is 9.59 Å². The Kier molecular flexibility index (Phi) is 5.24. The Hall–Kier alpha value is -2.53. The predicted molar refractivity (Wildman–Crippen MR) is 101 cm³/mol. The smallest absolute Gasteiger partial charge is 0.322 e. The third-order valence-electron chi connectivity index (χ3n) is 4.32. The number of amides is 2. The molecule has 1 fully saturated rings. The van der Waals surface area contributed by atoms with E-state index in [2.05, 4.69) is 10.2 Å². The molecular formula is C19H20ClN3O2. The number of hydrogen-bond donors (Lipinski definition) is 1. The number of carbonyl (C=O) groups is 2. The van der Waals surface area contributed by atoms with E-state index < -0.39 is 0 Å². The maximum atomic E-state index is 12.4. The maximum absolute atomic E-state index is 12.4. The minimum absolute atomic E-state index is 0.0626. The average Bonchev–Trinajstić information content (AvgIpc) is 2.64. The van der Waals surface area contributed by atoms with Gasteiger partial charge in [-0.25, -0.2) is 4.79 Å². The molecule has 25 heavy (non-hydrogen) atoms. The van der Waals surface area contributed by atoms with Gasteiger partial charge in [-0.2, -0.15) is 0 Å². The van der Waals surface area contributed by atoms with E-state index in [1.807, 2.05) is 36.4 Å². The molecule has 6 heteroatoms. The first-order chi connectivity index (χ1) is 12.0. The molecule has 0 spiro atoms. The highest BCUT2D eigenvalue weighted by Crippen LogP contribution is 2.22. The van der Waals surface area contributed by atoms with Gasteiger partial charge in [0.05, 0.1) is 10.7 Å². The molecule has 2 aromatic rings. The van der Waals surface area contributed by atoms with Crippen molar-refractivity contribution >= 4 is 34.8 Å². The third-order valence-corrected chi connectivity index (χ3v) is 4.65. The molecule has 2 amide bonds. The fourth-order valence-corrected chi connectivity index (χ4v) is 3.01. The lowest BCUT2D eigenvalue weighted by molar-refractivity contribution is 0.101. The van der Waals surface area contributed by atoms with Crippen molar-refractivity contribution in [3.8, 4) is 0 Å². The summed E-state index contributed by atoms with van der Waals surface area (Å²) >= 11 is 6.08. The van der Waals surface area contributed by atoms with Crippen LogP contribution >= 0.6 is 11.6 Å². The van der Waals surface area contributed by atoms with Gasteiger partial charge < -0.3 is 15.1 Å². The lowest BCUT2D eigenvalue weighted by Gasteiger charge is -2.36. The number of urea groups is 1. The number of Topliss-reactive ketones (excluding diaryl/α,β-unsaturated/α-hetero) is 1. The number of anilines is 2. The van der Waals surface area contributed by atoms with E-state index >= 15 is 0 Å². The minimum Gasteiger partial charge on any atom is -0.368 e. The summed E-state index contributed by atoms with van der Waals surface area (Å²) in [7, 11) is 0. The van der Waals surface area contributed by atoms with Crippen molar-refractivity contribution in [3.05, 3.63) is 59.1 Å². The number of piperazine rings is 1.